The van der Waals surface area contributed by atoms with Gasteiger partial charge in [0.05, 0.1) is 15.8 Å². The molecule has 2 heterocycles. The van der Waals surface area contributed by atoms with Crippen LogP contribution in [0.5, 0.6) is 0 Å². The maximum atomic E-state index is 12.3. The zero-order valence-corrected chi connectivity index (χ0v) is 12.0. The molecule has 0 N–H and O–H groups in total. The average molecular weight is 298 g/mol. The summed E-state index contributed by atoms with van der Waals surface area (Å²) < 4.78 is 0.743. The average Bonchev–Trinajstić information content (AvgIpc) is 2.99. The molecule has 0 atom stereocenters. The summed E-state index contributed by atoms with van der Waals surface area (Å²) in [6, 6.07) is 7.52. The number of hydrogen-bond acceptors (Lipinski definition) is 3. The molecule has 94 valence electrons. The predicted octanol–water partition coefficient (Wildman–Crippen LogP) is 4.29. The Morgan fingerprint density at radius 2 is 2.28 bits per heavy atom. The number of thiophene rings is 2. The monoisotopic (exact) mass is 297 g/mol. The van der Waals surface area contributed by atoms with Gasteiger partial charge in [0, 0.05) is 11.4 Å². The van der Waals surface area contributed by atoms with Gasteiger partial charge in [-0.15, -0.1) is 29.3 Å². The summed E-state index contributed by atoms with van der Waals surface area (Å²) in [6.45, 7) is 4.80. The van der Waals surface area contributed by atoms with Gasteiger partial charge in [-0.2, -0.15) is 0 Å². The van der Waals surface area contributed by atoms with E-state index in [4.69, 9.17) is 11.6 Å². The van der Waals surface area contributed by atoms with E-state index in [2.05, 4.69) is 6.58 Å². The molecule has 0 aliphatic carbocycles. The van der Waals surface area contributed by atoms with Crippen molar-refractivity contribution in [2.75, 3.05) is 6.54 Å². The first-order chi connectivity index (χ1) is 8.70. The lowest BCUT2D eigenvalue weighted by molar-refractivity contribution is 0.0769. The molecule has 0 aliphatic rings. The van der Waals surface area contributed by atoms with Crippen LogP contribution < -0.4 is 0 Å². The third-order valence-corrected chi connectivity index (χ3v) is 4.42. The van der Waals surface area contributed by atoms with E-state index in [9.17, 15) is 4.79 Å². The molecule has 0 unspecified atom stereocenters. The minimum Gasteiger partial charge on any atom is -0.329 e. The molecule has 0 spiro atoms. The Labute approximate surface area is 119 Å². The van der Waals surface area contributed by atoms with Gasteiger partial charge in [-0.25, -0.2) is 0 Å². The van der Waals surface area contributed by atoms with Crippen molar-refractivity contribution in [3.8, 4) is 0 Å². The van der Waals surface area contributed by atoms with Gasteiger partial charge >= 0.3 is 0 Å². The Kier molecular flexibility index (Phi) is 4.58. The summed E-state index contributed by atoms with van der Waals surface area (Å²) in [6.07, 6.45) is 1.74. The Bertz CT molecular complexity index is 533. The van der Waals surface area contributed by atoms with Gasteiger partial charge in [0.15, 0.2) is 0 Å². The fourth-order valence-corrected chi connectivity index (χ4v) is 3.35. The van der Waals surface area contributed by atoms with Crippen molar-refractivity contribution in [1.82, 2.24) is 4.90 Å². The lowest BCUT2D eigenvalue weighted by Crippen LogP contribution is -2.29. The summed E-state index contributed by atoms with van der Waals surface area (Å²) in [7, 11) is 0. The first-order valence-corrected chi connectivity index (χ1v) is 7.46. The number of halogens is 1. The van der Waals surface area contributed by atoms with Gasteiger partial charge in [0.25, 0.3) is 5.91 Å². The van der Waals surface area contributed by atoms with E-state index in [1.165, 1.54) is 22.7 Å². The lowest BCUT2D eigenvalue weighted by atomic mass is 10.3. The number of carbonyl (C=O) groups excluding carboxylic acids is 1. The molecule has 18 heavy (non-hydrogen) atoms. The zero-order valence-electron chi connectivity index (χ0n) is 9.64. The van der Waals surface area contributed by atoms with Crippen molar-refractivity contribution in [2.24, 2.45) is 0 Å². The van der Waals surface area contributed by atoms with E-state index in [1.807, 2.05) is 29.6 Å². The van der Waals surface area contributed by atoms with Crippen molar-refractivity contribution in [2.45, 2.75) is 6.54 Å². The molecule has 0 bridgehead atoms. The highest BCUT2D eigenvalue weighted by molar-refractivity contribution is 7.16. The molecular weight excluding hydrogens is 286 g/mol. The molecule has 2 rings (SSSR count). The van der Waals surface area contributed by atoms with E-state index in [1.54, 1.807) is 11.0 Å². The second kappa shape index (κ2) is 6.18. The molecule has 1 amide bonds. The van der Waals surface area contributed by atoms with Crippen molar-refractivity contribution < 1.29 is 4.79 Å². The van der Waals surface area contributed by atoms with Crippen molar-refractivity contribution >= 4 is 40.2 Å². The third-order valence-electron chi connectivity index (χ3n) is 2.34. The number of nitrogens with zero attached hydrogens (tertiary/aromatic N) is 1. The van der Waals surface area contributed by atoms with Crippen LogP contribution >= 0.6 is 34.3 Å². The zero-order chi connectivity index (χ0) is 13.0. The highest BCUT2D eigenvalue weighted by Crippen LogP contribution is 2.23. The van der Waals surface area contributed by atoms with E-state index in [0.717, 1.165) is 14.1 Å². The van der Waals surface area contributed by atoms with Gasteiger partial charge < -0.3 is 4.90 Å². The minimum absolute atomic E-state index is 0.0365. The fourth-order valence-electron chi connectivity index (χ4n) is 1.56. The second-order valence-corrected chi connectivity index (χ2v) is 6.40. The van der Waals surface area contributed by atoms with Gasteiger partial charge in [-0.3, -0.25) is 4.79 Å². The SMILES string of the molecule is C=CCN(Cc1ccc(Cl)s1)C(=O)c1cccs1. The number of amides is 1. The Hall–Kier alpha value is -1.10. The highest BCUT2D eigenvalue weighted by atomic mass is 35.5. The molecule has 2 aromatic heterocycles. The molecule has 0 radical (unpaired) electrons. The molecule has 0 aromatic carbocycles. The number of hydrogen-bond donors (Lipinski definition) is 0. The lowest BCUT2D eigenvalue weighted by Gasteiger charge is -2.19. The molecule has 5 heteroatoms. The van der Waals surface area contributed by atoms with Crippen LogP contribution in [0, 0.1) is 0 Å². The molecule has 0 saturated carbocycles. The van der Waals surface area contributed by atoms with Crippen LogP contribution in [0.3, 0.4) is 0 Å². The molecule has 2 nitrogen and oxygen atoms in total. The van der Waals surface area contributed by atoms with Crippen LogP contribution in [0.2, 0.25) is 4.34 Å². The molecule has 2 aromatic rings. The normalized spacial score (nSPS) is 10.3. The summed E-state index contributed by atoms with van der Waals surface area (Å²) >= 11 is 8.85. The Morgan fingerprint density at radius 3 is 2.83 bits per heavy atom. The van der Waals surface area contributed by atoms with Crippen molar-refractivity contribution in [3.63, 3.8) is 0 Å². The Balaban J connectivity index is 2.13. The highest BCUT2D eigenvalue weighted by Gasteiger charge is 2.16. The van der Waals surface area contributed by atoms with E-state index in [0.29, 0.717) is 13.1 Å². The van der Waals surface area contributed by atoms with Gasteiger partial charge in [-0.1, -0.05) is 23.7 Å². The van der Waals surface area contributed by atoms with Crippen LogP contribution in [0.15, 0.2) is 42.3 Å². The fraction of sp³-hybridized carbons (Fsp3) is 0.154. The summed E-state index contributed by atoms with van der Waals surface area (Å²) in [5.74, 6) is 0.0365. The van der Waals surface area contributed by atoms with Crippen LogP contribution in [0.1, 0.15) is 14.5 Å². The van der Waals surface area contributed by atoms with Crippen LogP contribution in [0.4, 0.5) is 0 Å². The standard InChI is InChI=1S/C13H12ClNOS2/c1-2-7-15(9-10-5-6-12(14)18-10)13(16)11-4-3-8-17-11/h2-6,8H,1,7,9H2. The first-order valence-electron chi connectivity index (χ1n) is 5.38. The van der Waals surface area contributed by atoms with E-state index < -0.39 is 0 Å². The van der Waals surface area contributed by atoms with Crippen molar-refractivity contribution in [3.05, 3.63) is 56.4 Å². The smallest absolute Gasteiger partial charge is 0.264 e. The summed E-state index contributed by atoms with van der Waals surface area (Å²) in [5, 5.41) is 1.90. The van der Waals surface area contributed by atoms with Gasteiger partial charge in [0.2, 0.25) is 0 Å². The molecule has 0 aliphatic heterocycles. The number of rotatable bonds is 5. The molecular formula is C13H12ClNOS2. The topological polar surface area (TPSA) is 20.3 Å². The van der Waals surface area contributed by atoms with Gasteiger partial charge in [0.1, 0.15) is 0 Å². The Morgan fingerprint density at radius 1 is 1.44 bits per heavy atom. The van der Waals surface area contributed by atoms with Crippen LogP contribution in [-0.4, -0.2) is 17.4 Å². The maximum Gasteiger partial charge on any atom is 0.264 e. The summed E-state index contributed by atoms with van der Waals surface area (Å²) in [5.41, 5.74) is 0. The van der Waals surface area contributed by atoms with E-state index in [-0.39, 0.29) is 5.91 Å². The minimum atomic E-state index is 0.0365. The molecule has 0 saturated heterocycles. The quantitative estimate of drug-likeness (QED) is 0.754. The predicted molar refractivity (Wildman–Crippen MR) is 78.6 cm³/mol. The van der Waals surface area contributed by atoms with Crippen LogP contribution in [-0.2, 0) is 6.54 Å². The maximum absolute atomic E-state index is 12.3. The van der Waals surface area contributed by atoms with E-state index >= 15 is 0 Å². The third kappa shape index (κ3) is 3.22. The summed E-state index contributed by atoms with van der Waals surface area (Å²) in [4.78, 5) is 15.9. The van der Waals surface area contributed by atoms with Gasteiger partial charge in [-0.05, 0) is 23.6 Å². The largest absolute Gasteiger partial charge is 0.329 e. The van der Waals surface area contributed by atoms with Crippen molar-refractivity contribution in [1.29, 1.82) is 0 Å². The van der Waals surface area contributed by atoms with Crippen LogP contribution in [0.25, 0.3) is 0 Å². The molecule has 0 fully saturated rings. The number of carbonyl (C=O) groups is 1. The second-order valence-electron chi connectivity index (χ2n) is 3.66. The first kappa shape index (κ1) is 13.3.